The number of hydrogen-bond acceptors (Lipinski definition) is 3. The summed E-state index contributed by atoms with van der Waals surface area (Å²) in [6.07, 6.45) is 3.28. The molecule has 5 heteroatoms. The average Bonchev–Trinajstić information content (AvgIpc) is 2.76. The topological polar surface area (TPSA) is 75.6 Å². The normalized spacial score (nSPS) is 21.7. The van der Waals surface area contributed by atoms with Crippen molar-refractivity contribution in [3.63, 3.8) is 0 Å². The number of ether oxygens (including phenoxy) is 1. The predicted molar refractivity (Wildman–Crippen MR) is 58.1 cm³/mol. The summed E-state index contributed by atoms with van der Waals surface area (Å²) >= 11 is 0. The molecular weight excluding hydrogens is 210 g/mol. The minimum atomic E-state index is -0.972. The lowest BCUT2D eigenvalue weighted by Gasteiger charge is -2.16. The van der Waals surface area contributed by atoms with Crippen molar-refractivity contribution in [2.24, 2.45) is 0 Å². The molecule has 0 bridgehead atoms. The van der Waals surface area contributed by atoms with Crippen LogP contribution in [0.1, 0.15) is 39.0 Å². The van der Waals surface area contributed by atoms with Crippen LogP contribution in [0.25, 0.3) is 0 Å². The van der Waals surface area contributed by atoms with Gasteiger partial charge in [-0.1, -0.05) is 19.8 Å². The fourth-order valence-corrected chi connectivity index (χ4v) is 1.71. The van der Waals surface area contributed by atoms with Gasteiger partial charge in [0.25, 0.3) is 0 Å². The van der Waals surface area contributed by atoms with E-state index in [4.69, 9.17) is 9.84 Å². The molecule has 0 aromatic rings. The van der Waals surface area contributed by atoms with Crippen molar-refractivity contribution in [2.45, 2.75) is 51.2 Å². The minimum absolute atomic E-state index is 0.291. The van der Waals surface area contributed by atoms with Crippen molar-refractivity contribution >= 4 is 11.9 Å². The Hall–Kier alpha value is -1.10. The Morgan fingerprint density at radius 3 is 2.81 bits per heavy atom. The molecular formula is C11H19NO4. The Morgan fingerprint density at radius 2 is 2.31 bits per heavy atom. The predicted octanol–water partition coefficient (Wildman–Crippen LogP) is 0.925. The Labute approximate surface area is 95.2 Å². The van der Waals surface area contributed by atoms with E-state index in [0.717, 1.165) is 19.3 Å². The van der Waals surface area contributed by atoms with E-state index in [1.165, 1.54) is 0 Å². The first-order chi connectivity index (χ1) is 7.65. The smallest absolute Gasteiger partial charge is 0.326 e. The van der Waals surface area contributed by atoms with Gasteiger partial charge in [0, 0.05) is 6.61 Å². The monoisotopic (exact) mass is 229 g/mol. The summed E-state index contributed by atoms with van der Waals surface area (Å²) in [6.45, 7) is 2.57. The molecule has 0 saturated carbocycles. The van der Waals surface area contributed by atoms with E-state index in [1.807, 2.05) is 6.92 Å². The van der Waals surface area contributed by atoms with E-state index in [2.05, 4.69) is 5.32 Å². The molecule has 0 spiro atoms. The number of carbonyl (C=O) groups excluding carboxylic acids is 1. The molecule has 92 valence electrons. The Bertz CT molecular complexity index is 248. The second kappa shape index (κ2) is 6.48. The molecule has 0 aromatic heterocycles. The summed E-state index contributed by atoms with van der Waals surface area (Å²) < 4.78 is 5.19. The van der Waals surface area contributed by atoms with Crippen LogP contribution in [-0.4, -0.2) is 35.7 Å². The quantitative estimate of drug-likeness (QED) is 0.710. The van der Waals surface area contributed by atoms with Crippen LogP contribution in [0.5, 0.6) is 0 Å². The van der Waals surface area contributed by atoms with Gasteiger partial charge in [-0.2, -0.15) is 0 Å². The first-order valence-corrected chi connectivity index (χ1v) is 5.80. The number of unbranched alkanes of at least 4 members (excludes halogenated alkanes) is 1. The highest BCUT2D eigenvalue weighted by atomic mass is 16.5. The molecule has 5 nitrogen and oxygen atoms in total. The molecule has 2 atom stereocenters. The highest BCUT2D eigenvalue weighted by Crippen LogP contribution is 2.12. The molecule has 0 aromatic carbocycles. The van der Waals surface area contributed by atoms with Crippen molar-refractivity contribution in [1.82, 2.24) is 5.32 Å². The summed E-state index contributed by atoms with van der Waals surface area (Å²) in [6, 6.07) is -0.781. The van der Waals surface area contributed by atoms with Gasteiger partial charge in [0.1, 0.15) is 12.1 Å². The zero-order valence-corrected chi connectivity index (χ0v) is 9.57. The van der Waals surface area contributed by atoms with Gasteiger partial charge in [-0.25, -0.2) is 4.79 Å². The van der Waals surface area contributed by atoms with E-state index in [1.54, 1.807) is 0 Å². The van der Waals surface area contributed by atoms with Gasteiger partial charge in [0.2, 0.25) is 5.91 Å². The summed E-state index contributed by atoms with van der Waals surface area (Å²) in [4.78, 5) is 22.5. The van der Waals surface area contributed by atoms with E-state index in [0.29, 0.717) is 19.4 Å². The van der Waals surface area contributed by atoms with Gasteiger partial charge in [0.15, 0.2) is 0 Å². The minimum Gasteiger partial charge on any atom is -0.480 e. The molecule has 1 saturated heterocycles. The van der Waals surface area contributed by atoms with Gasteiger partial charge in [-0.3, -0.25) is 4.79 Å². The average molecular weight is 229 g/mol. The SMILES string of the molecule is CCCC[C@@H](NC(=O)[C@@H]1CCCO1)C(=O)O. The van der Waals surface area contributed by atoms with Gasteiger partial charge in [-0.05, 0) is 19.3 Å². The van der Waals surface area contributed by atoms with Crippen molar-refractivity contribution < 1.29 is 19.4 Å². The number of aliphatic carboxylic acids is 1. The number of nitrogens with one attached hydrogen (secondary N) is 1. The first kappa shape index (κ1) is 13.0. The molecule has 1 aliphatic rings. The van der Waals surface area contributed by atoms with Gasteiger partial charge in [0.05, 0.1) is 0 Å². The molecule has 16 heavy (non-hydrogen) atoms. The number of amides is 1. The van der Waals surface area contributed by atoms with Crippen molar-refractivity contribution in [3.05, 3.63) is 0 Å². The first-order valence-electron chi connectivity index (χ1n) is 5.80. The third-order valence-corrected chi connectivity index (χ3v) is 2.68. The van der Waals surface area contributed by atoms with E-state index < -0.39 is 18.1 Å². The van der Waals surface area contributed by atoms with Crippen LogP contribution >= 0.6 is 0 Å². The lowest BCUT2D eigenvalue weighted by Crippen LogP contribution is -2.45. The maximum absolute atomic E-state index is 11.6. The third kappa shape index (κ3) is 3.81. The summed E-state index contributed by atoms with van der Waals surface area (Å²) in [7, 11) is 0. The van der Waals surface area contributed by atoms with Crippen LogP contribution in [-0.2, 0) is 14.3 Å². The van der Waals surface area contributed by atoms with Gasteiger partial charge < -0.3 is 15.2 Å². The molecule has 0 unspecified atom stereocenters. The Balaban J connectivity index is 2.40. The molecule has 1 heterocycles. The molecule has 1 aliphatic heterocycles. The molecule has 2 N–H and O–H groups in total. The Kier molecular flexibility index (Phi) is 5.25. The van der Waals surface area contributed by atoms with Crippen LogP contribution in [0, 0.1) is 0 Å². The summed E-state index contributed by atoms with van der Waals surface area (Å²) in [5.41, 5.74) is 0. The largest absolute Gasteiger partial charge is 0.480 e. The third-order valence-electron chi connectivity index (χ3n) is 2.68. The van der Waals surface area contributed by atoms with Crippen LogP contribution < -0.4 is 5.32 Å². The van der Waals surface area contributed by atoms with Crippen LogP contribution in [0.2, 0.25) is 0 Å². The van der Waals surface area contributed by atoms with Crippen molar-refractivity contribution in [1.29, 1.82) is 0 Å². The molecule has 0 aliphatic carbocycles. The fourth-order valence-electron chi connectivity index (χ4n) is 1.71. The van der Waals surface area contributed by atoms with Gasteiger partial charge in [-0.15, -0.1) is 0 Å². The van der Waals surface area contributed by atoms with Crippen LogP contribution in [0.15, 0.2) is 0 Å². The standard InChI is InChI=1S/C11H19NO4/c1-2-3-5-8(11(14)15)12-10(13)9-6-4-7-16-9/h8-9H,2-7H2,1H3,(H,12,13)(H,14,15)/t8-,9+/m1/s1. The lowest BCUT2D eigenvalue weighted by molar-refractivity contribution is -0.143. The number of carbonyl (C=O) groups is 2. The molecule has 1 amide bonds. The zero-order valence-electron chi connectivity index (χ0n) is 9.57. The maximum Gasteiger partial charge on any atom is 0.326 e. The lowest BCUT2D eigenvalue weighted by atomic mass is 10.1. The van der Waals surface area contributed by atoms with E-state index in [-0.39, 0.29) is 5.91 Å². The van der Waals surface area contributed by atoms with Crippen LogP contribution in [0.4, 0.5) is 0 Å². The number of carboxylic acids is 1. The second-order valence-corrected chi connectivity index (χ2v) is 4.04. The summed E-state index contributed by atoms with van der Waals surface area (Å²) in [5, 5.41) is 11.5. The fraction of sp³-hybridized carbons (Fsp3) is 0.818. The van der Waals surface area contributed by atoms with Crippen molar-refractivity contribution in [3.8, 4) is 0 Å². The molecule has 0 radical (unpaired) electrons. The molecule has 1 fully saturated rings. The number of hydrogen-bond donors (Lipinski definition) is 2. The van der Waals surface area contributed by atoms with E-state index >= 15 is 0 Å². The van der Waals surface area contributed by atoms with Crippen molar-refractivity contribution in [2.75, 3.05) is 6.61 Å². The highest BCUT2D eigenvalue weighted by molar-refractivity contribution is 5.86. The second-order valence-electron chi connectivity index (χ2n) is 4.04. The Morgan fingerprint density at radius 1 is 1.56 bits per heavy atom. The molecule has 1 rings (SSSR count). The summed E-state index contributed by atoms with van der Waals surface area (Å²) in [5.74, 6) is -1.26. The number of rotatable bonds is 6. The highest BCUT2D eigenvalue weighted by Gasteiger charge is 2.27. The number of carboxylic acid groups (broad SMARTS) is 1. The van der Waals surface area contributed by atoms with Crippen LogP contribution in [0.3, 0.4) is 0 Å². The van der Waals surface area contributed by atoms with E-state index in [9.17, 15) is 9.59 Å². The zero-order chi connectivity index (χ0) is 12.0. The maximum atomic E-state index is 11.6. The van der Waals surface area contributed by atoms with Gasteiger partial charge >= 0.3 is 5.97 Å².